The molecule has 1 aliphatic rings. The van der Waals surface area contributed by atoms with Crippen LogP contribution in [0.25, 0.3) is 0 Å². The Hall–Kier alpha value is -2.95. The van der Waals surface area contributed by atoms with E-state index in [0.717, 1.165) is 27.7 Å². The van der Waals surface area contributed by atoms with Gasteiger partial charge in [0, 0.05) is 55.0 Å². The first-order valence-electron chi connectivity index (χ1n) is 11.0. The molecule has 0 saturated heterocycles. The van der Waals surface area contributed by atoms with Crippen LogP contribution in [0, 0.1) is 11.6 Å². The molecule has 10 heteroatoms. The highest BCUT2D eigenvalue weighted by molar-refractivity contribution is 7.89. The van der Waals surface area contributed by atoms with Crippen molar-refractivity contribution < 1.29 is 22.0 Å². The lowest BCUT2D eigenvalue weighted by atomic mass is 9.97. The first-order valence-corrected chi connectivity index (χ1v) is 12.4. The van der Waals surface area contributed by atoms with E-state index in [-0.39, 0.29) is 31.3 Å². The monoisotopic (exact) mass is 488 g/mol. The molecule has 0 bridgehead atoms. The maximum absolute atomic E-state index is 13.6. The Kier molecular flexibility index (Phi) is 6.92. The summed E-state index contributed by atoms with van der Waals surface area (Å²) in [5, 5.41) is 10.5. The number of halogens is 2. The number of nitrogens with one attached hydrogen (secondary N) is 2. The molecule has 0 saturated carbocycles. The number of sulfonamides is 1. The van der Waals surface area contributed by atoms with E-state index in [4.69, 9.17) is 0 Å². The minimum atomic E-state index is -4.13. The molecule has 1 aliphatic heterocycles. The van der Waals surface area contributed by atoms with Gasteiger partial charge in [0.25, 0.3) is 0 Å². The normalized spacial score (nSPS) is 14.4. The quantitative estimate of drug-likeness (QED) is 0.474. The third-order valence-electron chi connectivity index (χ3n) is 5.80. The number of aromatic nitrogens is 2. The average Bonchev–Trinajstić information content (AvgIpc) is 3.19. The molecule has 0 amide bonds. The molecule has 0 unspecified atom stereocenters. The third-order valence-corrected chi connectivity index (χ3v) is 7.63. The van der Waals surface area contributed by atoms with Crippen molar-refractivity contribution in [1.82, 2.24) is 19.8 Å². The molecule has 7 nitrogen and oxygen atoms in total. The van der Waals surface area contributed by atoms with E-state index in [0.29, 0.717) is 35.9 Å². The van der Waals surface area contributed by atoms with Crippen LogP contribution in [0.3, 0.4) is 0 Å². The van der Waals surface area contributed by atoms with Crippen molar-refractivity contribution in [3.05, 3.63) is 82.2 Å². The Labute approximate surface area is 197 Å². The first-order chi connectivity index (χ1) is 16.1. The smallest absolute Gasteiger partial charge is 0.243 e. The zero-order valence-corrected chi connectivity index (χ0v) is 19.8. The first kappa shape index (κ1) is 24.2. The van der Waals surface area contributed by atoms with Crippen molar-refractivity contribution in [2.24, 2.45) is 0 Å². The highest BCUT2D eigenvalue weighted by atomic mass is 32.2. The van der Waals surface area contributed by atoms with Crippen LogP contribution in [0.5, 0.6) is 0 Å². The van der Waals surface area contributed by atoms with Gasteiger partial charge in [-0.1, -0.05) is 38.1 Å². The maximum atomic E-state index is 13.6. The van der Waals surface area contributed by atoms with E-state index in [9.17, 15) is 22.0 Å². The number of Topliss-reactive ketones (excluding diaryl/α,β-unsaturated/α-hetero) is 1. The summed E-state index contributed by atoms with van der Waals surface area (Å²) in [6.45, 7) is 4.70. The minimum absolute atomic E-state index is 0.00695. The number of carbonyl (C=O) groups excluding carboxylic acids is 1. The second-order valence-electron chi connectivity index (χ2n) is 8.61. The fourth-order valence-electron chi connectivity index (χ4n) is 4.02. The zero-order valence-electron chi connectivity index (χ0n) is 18.9. The fraction of sp³-hybridized carbons (Fsp3) is 0.333. The predicted molar refractivity (Wildman–Crippen MR) is 123 cm³/mol. The van der Waals surface area contributed by atoms with Crippen molar-refractivity contribution in [2.75, 3.05) is 6.54 Å². The second-order valence-corrected chi connectivity index (χ2v) is 10.6. The molecular weight excluding hydrogens is 462 g/mol. The largest absolute Gasteiger partial charge is 0.310 e. The van der Waals surface area contributed by atoms with E-state index in [1.54, 1.807) is 12.1 Å². The second kappa shape index (κ2) is 9.73. The van der Waals surface area contributed by atoms with Gasteiger partial charge in [0.15, 0.2) is 5.78 Å². The van der Waals surface area contributed by atoms with Gasteiger partial charge in [0.2, 0.25) is 10.0 Å². The van der Waals surface area contributed by atoms with Gasteiger partial charge >= 0.3 is 0 Å². The van der Waals surface area contributed by atoms with Gasteiger partial charge in [-0.3, -0.25) is 9.89 Å². The summed E-state index contributed by atoms with van der Waals surface area (Å²) in [5.41, 5.74) is 3.31. The summed E-state index contributed by atoms with van der Waals surface area (Å²) in [6, 6.07) is 9.85. The van der Waals surface area contributed by atoms with Crippen molar-refractivity contribution in [2.45, 2.75) is 50.7 Å². The summed E-state index contributed by atoms with van der Waals surface area (Å²) in [6.07, 6.45) is 0.357. The highest BCUT2D eigenvalue weighted by Gasteiger charge is 2.32. The van der Waals surface area contributed by atoms with Crippen LogP contribution in [0.15, 0.2) is 47.4 Å². The van der Waals surface area contributed by atoms with Crippen molar-refractivity contribution in [3.63, 3.8) is 0 Å². The van der Waals surface area contributed by atoms with Gasteiger partial charge in [0.1, 0.15) is 11.6 Å². The number of carbonyl (C=O) groups is 1. The van der Waals surface area contributed by atoms with E-state index in [1.807, 2.05) is 26.0 Å². The molecule has 0 spiro atoms. The van der Waals surface area contributed by atoms with Crippen LogP contribution in [0.2, 0.25) is 0 Å². The van der Waals surface area contributed by atoms with Gasteiger partial charge in [-0.15, -0.1) is 0 Å². The lowest BCUT2D eigenvalue weighted by Crippen LogP contribution is -2.36. The summed E-state index contributed by atoms with van der Waals surface area (Å²) in [7, 11) is -4.13. The molecule has 4 rings (SSSR count). The van der Waals surface area contributed by atoms with Crippen LogP contribution in [-0.4, -0.2) is 41.3 Å². The van der Waals surface area contributed by atoms with Crippen molar-refractivity contribution >= 4 is 15.8 Å². The number of fused-ring (bicyclic) bond motifs is 1. The molecule has 2 heterocycles. The lowest BCUT2D eigenvalue weighted by molar-refractivity contribution is 0.0990. The van der Waals surface area contributed by atoms with Crippen LogP contribution in [-0.2, 0) is 36.0 Å². The highest BCUT2D eigenvalue weighted by Crippen LogP contribution is 2.27. The number of hydrogen-bond acceptors (Lipinski definition) is 5. The molecule has 0 aliphatic carbocycles. The Balaban J connectivity index is 1.56. The standard InChI is InChI=1S/C24H26F2N4O3S/c1-15(2)27-13-16-5-3-4-6-20(16)24(31)12-23-21-14-30(8-7-22(21)28-29-23)34(32,33)19-10-17(25)9-18(26)11-19/h3-6,9-11,15,27H,7-8,12-14H2,1-2H3,(H,28,29). The van der Waals surface area contributed by atoms with Gasteiger partial charge in [-0.05, 0) is 17.7 Å². The number of aromatic amines is 1. The molecule has 34 heavy (non-hydrogen) atoms. The number of hydrogen-bond donors (Lipinski definition) is 2. The SMILES string of the molecule is CC(C)NCc1ccccc1C(=O)Cc1n[nH]c2c1CN(S(=O)(=O)c1cc(F)cc(F)c1)CC2. The minimum Gasteiger partial charge on any atom is -0.310 e. The molecule has 0 fully saturated rings. The zero-order chi connectivity index (χ0) is 24.5. The van der Waals surface area contributed by atoms with E-state index >= 15 is 0 Å². The van der Waals surface area contributed by atoms with Crippen LogP contribution in [0.4, 0.5) is 8.78 Å². The number of rotatable bonds is 8. The molecular formula is C24H26F2N4O3S. The number of H-pyrrole nitrogens is 1. The van der Waals surface area contributed by atoms with Crippen LogP contribution >= 0.6 is 0 Å². The number of benzene rings is 2. The summed E-state index contributed by atoms with van der Waals surface area (Å²) < 4.78 is 54.5. The number of nitrogens with zero attached hydrogens (tertiary/aromatic N) is 2. The molecule has 0 atom stereocenters. The van der Waals surface area contributed by atoms with Crippen molar-refractivity contribution in [3.8, 4) is 0 Å². The van der Waals surface area contributed by atoms with Crippen LogP contribution in [0.1, 0.15) is 46.7 Å². The maximum Gasteiger partial charge on any atom is 0.243 e. The topological polar surface area (TPSA) is 95.2 Å². The van der Waals surface area contributed by atoms with E-state index in [1.165, 1.54) is 0 Å². The summed E-state index contributed by atoms with van der Waals surface area (Å²) in [5.74, 6) is -2.05. The Bertz CT molecular complexity index is 1300. The lowest BCUT2D eigenvalue weighted by Gasteiger charge is -2.26. The van der Waals surface area contributed by atoms with Crippen LogP contribution < -0.4 is 5.32 Å². The van der Waals surface area contributed by atoms with Gasteiger partial charge < -0.3 is 5.32 Å². The predicted octanol–water partition coefficient (Wildman–Crippen LogP) is 3.36. The molecule has 3 aromatic rings. The molecule has 2 N–H and O–H groups in total. The third kappa shape index (κ3) is 5.08. The van der Waals surface area contributed by atoms with Gasteiger partial charge in [-0.2, -0.15) is 9.40 Å². The average molecular weight is 489 g/mol. The molecule has 2 aromatic carbocycles. The molecule has 0 radical (unpaired) electrons. The molecule has 180 valence electrons. The van der Waals surface area contributed by atoms with E-state index in [2.05, 4.69) is 15.5 Å². The molecule has 1 aromatic heterocycles. The summed E-state index contributed by atoms with van der Waals surface area (Å²) in [4.78, 5) is 12.7. The van der Waals surface area contributed by atoms with Gasteiger partial charge in [-0.25, -0.2) is 17.2 Å². The van der Waals surface area contributed by atoms with Gasteiger partial charge in [0.05, 0.1) is 17.0 Å². The number of ketones is 1. The Morgan fingerprint density at radius 1 is 1.18 bits per heavy atom. The summed E-state index contributed by atoms with van der Waals surface area (Å²) >= 11 is 0. The fourth-order valence-corrected chi connectivity index (χ4v) is 5.47. The van der Waals surface area contributed by atoms with Crippen molar-refractivity contribution in [1.29, 1.82) is 0 Å². The Morgan fingerprint density at radius 2 is 1.88 bits per heavy atom. The van der Waals surface area contributed by atoms with E-state index < -0.39 is 26.6 Å². The Morgan fingerprint density at radius 3 is 2.59 bits per heavy atom.